The van der Waals surface area contributed by atoms with Crippen LogP contribution in [0.25, 0.3) is 0 Å². The van der Waals surface area contributed by atoms with Crippen molar-refractivity contribution in [3.8, 4) is 0 Å². The summed E-state index contributed by atoms with van der Waals surface area (Å²) >= 11 is 0. The SMILES string of the molecule is CS(=O)(=O)c1ccc(N2CCC(OC3CCCCC3)CC2)c([N+](=O)[O-])c1. The van der Waals surface area contributed by atoms with Crippen LogP contribution < -0.4 is 4.90 Å². The molecule has 3 rings (SSSR count). The number of piperidine rings is 1. The van der Waals surface area contributed by atoms with E-state index >= 15 is 0 Å². The zero-order valence-corrected chi connectivity index (χ0v) is 15.9. The van der Waals surface area contributed by atoms with Crippen molar-refractivity contribution in [1.82, 2.24) is 0 Å². The molecule has 1 aliphatic carbocycles. The fourth-order valence-corrected chi connectivity index (χ4v) is 4.49. The Bertz CT molecular complexity index is 751. The Labute approximate surface area is 154 Å². The molecule has 0 N–H and O–H groups in total. The van der Waals surface area contributed by atoms with Gasteiger partial charge in [0.15, 0.2) is 9.84 Å². The van der Waals surface area contributed by atoms with Crippen LogP contribution in [0.3, 0.4) is 0 Å². The van der Waals surface area contributed by atoms with E-state index < -0.39 is 14.8 Å². The minimum absolute atomic E-state index is 0.0246. The second kappa shape index (κ2) is 7.92. The quantitative estimate of drug-likeness (QED) is 0.573. The molecule has 1 saturated heterocycles. The van der Waals surface area contributed by atoms with Crippen LogP contribution in [0.15, 0.2) is 23.1 Å². The maximum Gasteiger partial charge on any atom is 0.293 e. The fourth-order valence-electron chi connectivity index (χ4n) is 3.85. The van der Waals surface area contributed by atoms with Gasteiger partial charge in [0, 0.05) is 25.4 Å². The molecule has 1 aliphatic heterocycles. The van der Waals surface area contributed by atoms with Crippen molar-refractivity contribution in [2.75, 3.05) is 24.2 Å². The first-order valence-corrected chi connectivity index (χ1v) is 11.1. The van der Waals surface area contributed by atoms with Gasteiger partial charge in [-0.3, -0.25) is 10.1 Å². The first kappa shape index (κ1) is 19.1. The molecule has 144 valence electrons. The van der Waals surface area contributed by atoms with Crippen LogP contribution in [0.4, 0.5) is 11.4 Å². The lowest BCUT2D eigenvalue weighted by molar-refractivity contribution is -0.384. The molecule has 7 nitrogen and oxygen atoms in total. The highest BCUT2D eigenvalue weighted by Crippen LogP contribution is 2.33. The molecule has 0 amide bonds. The monoisotopic (exact) mass is 382 g/mol. The fraction of sp³-hybridized carbons (Fsp3) is 0.667. The molecule has 1 heterocycles. The lowest BCUT2D eigenvalue weighted by atomic mass is 9.97. The van der Waals surface area contributed by atoms with Gasteiger partial charge in [-0.05, 0) is 37.8 Å². The Kier molecular flexibility index (Phi) is 5.82. The first-order chi connectivity index (χ1) is 12.3. The van der Waals surface area contributed by atoms with Crippen molar-refractivity contribution in [3.63, 3.8) is 0 Å². The first-order valence-electron chi connectivity index (χ1n) is 9.23. The molecule has 26 heavy (non-hydrogen) atoms. The summed E-state index contributed by atoms with van der Waals surface area (Å²) in [5.41, 5.74) is 0.332. The van der Waals surface area contributed by atoms with Gasteiger partial charge in [-0.2, -0.15) is 0 Å². The summed E-state index contributed by atoms with van der Waals surface area (Å²) in [5, 5.41) is 11.4. The number of benzene rings is 1. The van der Waals surface area contributed by atoms with Gasteiger partial charge in [0.05, 0.1) is 22.0 Å². The van der Waals surface area contributed by atoms with E-state index in [0.717, 1.165) is 38.0 Å². The summed E-state index contributed by atoms with van der Waals surface area (Å²) in [4.78, 5) is 12.9. The molecule has 1 saturated carbocycles. The van der Waals surface area contributed by atoms with Gasteiger partial charge in [0.2, 0.25) is 0 Å². The lowest BCUT2D eigenvalue weighted by Gasteiger charge is -2.35. The van der Waals surface area contributed by atoms with Crippen LogP contribution in [-0.2, 0) is 14.6 Å². The zero-order chi connectivity index (χ0) is 18.7. The number of nitro benzene ring substituents is 1. The molecule has 1 aromatic rings. The zero-order valence-electron chi connectivity index (χ0n) is 15.1. The highest BCUT2D eigenvalue weighted by atomic mass is 32.2. The Hall–Kier alpha value is -1.67. The minimum atomic E-state index is -3.47. The van der Waals surface area contributed by atoms with Gasteiger partial charge in [-0.15, -0.1) is 0 Å². The molecule has 0 atom stereocenters. The molecule has 0 unspecified atom stereocenters. The summed E-state index contributed by atoms with van der Waals surface area (Å²) in [6.07, 6.45) is 9.35. The van der Waals surface area contributed by atoms with Gasteiger partial charge in [0.1, 0.15) is 5.69 Å². The molecule has 0 bridgehead atoms. The summed E-state index contributed by atoms with van der Waals surface area (Å²) < 4.78 is 29.6. The average Bonchev–Trinajstić information content (AvgIpc) is 2.62. The van der Waals surface area contributed by atoms with Gasteiger partial charge < -0.3 is 9.64 Å². The lowest BCUT2D eigenvalue weighted by Crippen LogP contribution is -2.39. The van der Waals surface area contributed by atoms with Crippen LogP contribution in [0.5, 0.6) is 0 Å². The van der Waals surface area contributed by atoms with Gasteiger partial charge in [-0.1, -0.05) is 19.3 Å². The number of sulfone groups is 1. The second-order valence-electron chi connectivity index (χ2n) is 7.26. The molecule has 0 aromatic heterocycles. The molecule has 0 radical (unpaired) electrons. The largest absolute Gasteiger partial charge is 0.375 e. The van der Waals surface area contributed by atoms with Crippen LogP contribution in [0, 0.1) is 10.1 Å². The normalized spacial score (nSPS) is 20.3. The molecule has 2 fully saturated rings. The molecule has 8 heteroatoms. The maximum atomic E-state index is 11.7. The van der Waals surface area contributed by atoms with Crippen molar-refractivity contribution >= 4 is 21.2 Å². The van der Waals surface area contributed by atoms with E-state index in [1.807, 2.05) is 4.90 Å². The molecule has 0 spiro atoms. The second-order valence-corrected chi connectivity index (χ2v) is 9.28. The third-order valence-corrected chi connectivity index (χ3v) is 6.40. The maximum absolute atomic E-state index is 11.7. The number of ether oxygens (including phenoxy) is 1. The van der Waals surface area contributed by atoms with Crippen molar-refractivity contribution in [2.24, 2.45) is 0 Å². The highest BCUT2D eigenvalue weighted by molar-refractivity contribution is 7.90. The van der Waals surface area contributed by atoms with E-state index in [1.165, 1.54) is 25.3 Å². The summed E-state index contributed by atoms with van der Waals surface area (Å²) in [6, 6.07) is 4.16. The number of nitrogens with zero attached hydrogens (tertiary/aromatic N) is 2. The van der Waals surface area contributed by atoms with Gasteiger partial charge >= 0.3 is 0 Å². The number of hydrogen-bond acceptors (Lipinski definition) is 6. The standard InChI is InChI=1S/C18H26N2O5S/c1-26(23,24)16-7-8-17(18(13-16)20(21)22)19-11-9-15(10-12-19)25-14-5-3-2-4-6-14/h7-8,13-15H,2-6,9-12H2,1H3. The van der Waals surface area contributed by atoms with E-state index in [-0.39, 0.29) is 16.7 Å². The smallest absolute Gasteiger partial charge is 0.293 e. The van der Waals surface area contributed by atoms with Gasteiger partial charge in [-0.25, -0.2) is 8.42 Å². The predicted molar refractivity (Wildman–Crippen MR) is 99.4 cm³/mol. The summed E-state index contributed by atoms with van der Waals surface area (Å²) in [7, 11) is -3.47. The Morgan fingerprint density at radius 3 is 2.27 bits per heavy atom. The number of anilines is 1. The Balaban J connectivity index is 1.67. The van der Waals surface area contributed by atoms with Crippen LogP contribution in [0.2, 0.25) is 0 Å². The van der Waals surface area contributed by atoms with E-state index in [9.17, 15) is 18.5 Å². The number of hydrogen-bond donors (Lipinski definition) is 0. The third kappa shape index (κ3) is 4.54. The Morgan fingerprint density at radius 2 is 1.69 bits per heavy atom. The van der Waals surface area contributed by atoms with E-state index in [1.54, 1.807) is 6.07 Å². The van der Waals surface area contributed by atoms with E-state index in [2.05, 4.69) is 0 Å². The summed E-state index contributed by atoms with van der Waals surface area (Å²) in [6.45, 7) is 1.35. The van der Waals surface area contributed by atoms with Crippen LogP contribution in [-0.4, -0.2) is 44.9 Å². The van der Waals surface area contributed by atoms with Crippen LogP contribution >= 0.6 is 0 Å². The van der Waals surface area contributed by atoms with Crippen molar-refractivity contribution in [3.05, 3.63) is 28.3 Å². The molecule has 2 aliphatic rings. The minimum Gasteiger partial charge on any atom is -0.375 e. The van der Waals surface area contributed by atoms with E-state index in [0.29, 0.717) is 24.9 Å². The van der Waals surface area contributed by atoms with Crippen molar-refractivity contribution in [1.29, 1.82) is 0 Å². The van der Waals surface area contributed by atoms with E-state index in [4.69, 9.17) is 4.74 Å². The topological polar surface area (TPSA) is 89.8 Å². The molecular weight excluding hydrogens is 356 g/mol. The van der Waals surface area contributed by atoms with Gasteiger partial charge in [0.25, 0.3) is 5.69 Å². The number of nitro groups is 1. The van der Waals surface area contributed by atoms with Crippen LogP contribution in [0.1, 0.15) is 44.9 Å². The van der Waals surface area contributed by atoms with Crippen molar-refractivity contribution in [2.45, 2.75) is 62.0 Å². The molecular formula is C18H26N2O5S. The average molecular weight is 382 g/mol. The Morgan fingerprint density at radius 1 is 1.08 bits per heavy atom. The van der Waals surface area contributed by atoms with Crippen molar-refractivity contribution < 1.29 is 18.1 Å². The highest BCUT2D eigenvalue weighted by Gasteiger charge is 2.28. The third-order valence-electron chi connectivity index (χ3n) is 5.29. The molecule has 1 aromatic carbocycles. The number of rotatable bonds is 5. The summed E-state index contributed by atoms with van der Waals surface area (Å²) in [5.74, 6) is 0. The predicted octanol–water partition coefficient (Wildman–Crippen LogP) is 3.32.